The van der Waals surface area contributed by atoms with Gasteiger partial charge in [-0.25, -0.2) is 4.98 Å². The molecule has 1 heterocycles. The molecule has 18 heavy (non-hydrogen) atoms. The van der Waals surface area contributed by atoms with Gasteiger partial charge in [0, 0.05) is 25.4 Å². The third kappa shape index (κ3) is 3.35. The summed E-state index contributed by atoms with van der Waals surface area (Å²) in [6, 6.07) is 0. The summed E-state index contributed by atoms with van der Waals surface area (Å²) < 4.78 is 2.29. The van der Waals surface area contributed by atoms with E-state index < -0.39 is 0 Å². The second-order valence-electron chi connectivity index (χ2n) is 5.49. The van der Waals surface area contributed by atoms with Gasteiger partial charge in [-0.2, -0.15) is 0 Å². The maximum Gasteiger partial charge on any atom is 0.108 e. The van der Waals surface area contributed by atoms with Crippen molar-refractivity contribution in [2.45, 2.75) is 52.5 Å². The van der Waals surface area contributed by atoms with Gasteiger partial charge in [-0.3, -0.25) is 0 Å². The van der Waals surface area contributed by atoms with Crippen LogP contribution in [0.25, 0.3) is 0 Å². The lowest BCUT2D eigenvalue weighted by Crippen LogP contribution is -2.27. The maximum atomic E-state index is 4.52. The van der Waals surface area contributed by atoms with Crippen LogP contribution in [0.5, 0.6) is 0 Å². The second kappa shape index (κ2) is 6.93. The van der Waals surface area contributed by atoms with Gasteiger partial charge in [0.05, 0.1) is 0 Å². The Labute approximate surface area is 111 Å². The van der Waals surface area contributed by atoms with Gasteiger partial charge in [0.2, 0.25) is 0 Å². The third-order valence-electron chi connectivity index (χ3n) is 4.24. The minimum atomic E-state index is 0.835. The summed E-state index contributed by atoms with van der Waals surface area (Å²) in [6.45, 7) is 7.83. The zero-order valence-electron chi connectivity index (χ0n) is 11.9. The normalized spacial score (nSPS) is 23.7. The van der Waals surface area contributed by atoms with Crippen molar-refractivity contribution in [3.8, 4) is 0 Å². The Morgan fingerprint density at radius 1 is 1.33 bits per heavy atom. The number of nitrogens with one attached hydrogen (secondary N) is 1. The van der Waals surface area contributed by atoms with Crippen LogP contribution in [-0.4, -0.2) is 22.6 Å². The molecule has 0 bridgehead atoms. The Balaban J connectivity index is 1.87. The summed E-state index contributed by atoms with van der Waals surface area (Å²) in [6.07, 6.45) is 10.6. The Kier molecular flexibility index (Phi) is 5.24. The zero-order chi connectivity index (χ0) is 12.8. The predicted molar refractivity (Wildman–Crippen MR) is 75.6 cm³/mol. The van der Waals surface area contributed by atoms with Gasteiger partial charge in [-0.15, -0.1) is 0 Å². The summed E-state index contributed by atoms with van der Waals surface area (Å²) in [4.78, 5) is 4.52. The van der Waals surface area contributed by atoms with Crippen molar-refractivity contribution < 1.29 is 0 Å². The molecule has 3 heteroatoms. The van der Waals surface area contributed by atoms with Crippen LogP contribution in [0.2, 0.25) is 0 Å². The summed E-state index contributed by atoms with van der Waals surface area (Å²) in [5.41, 5.74) is 0. The van der Waals surface area contributed by atoms with E-state index in [-0.39, 0.29) is 0 Å². The lowest BCUT2D eigenvalue weighted by atomic mass is 9.92. The molecule has 2 atom stereocenters. The fourth-order valence-corrected chi connectivity index (χ4v) is 3.17. The zero-order valence-corrected chi connectivity index (χ0v) is 11.9. The Hall–Kier alpha value is -0.830. The Bertz CT molecular complexity index is 345. The van der Waals surface area contributed by atoms with Gasteiger partial charge in [-0.1, -0.05) is 13.3 Å². The van der Waals surface area contributed by atoms with Crippen LogP contribution < -0.4 is 5.32 Å². The van der Waals surface area contributed by atoms with Crippen molar-refractivity contribution in [3.63, 3.8) is 0 Å². The monoisotopic (exact) mass is 249 g/mol. The first-order chi connectivity index (χ1) is 8.85. The highest BCUT2D eigenvalue weighted by Gasteiger charge is 2.27. The molecule has 3 nitrogen and oxygen atoms in total. The fraction of sp³-hybridized carbons (Fsp3) is 0.800. The average molecular weight is 249 g/mol. The first kappa shape index (κ1) is 13.6. The number of rotatable bonds is 7. The van der Waals surface area contributed by atoms with Crippen LogP contribution in [0.15, 0.2) is 12.4 Å². The number of imidazole rings is 1. The SMILES string of the molecule is CCCNCC1CCCC1Cc1nccn1CC. The number of hydrogen-bond donors (Lipinski definition) is 1. The number of nitrogens with zero attached hydrogens (tertiary/aromatic N) is 2. The number of hydrogen-bond acceptors (Lipinski definition) is 2. The van der Waals surface area contributed by atoms with Crippen molar-refractivity contribution in [2.24, 2.45) is 11.8 Å². The highest BCUT2D eigenvalue weighted by Crippen LogP contribution is 2.33. The van der Waals surface area contributed by atoms with Crippen molar-refractivity contribution in [2.75, 3.05) is 13.1 Å². The molecule has 0 aliphatic heterocycles. The van der Waals surface area contributed by atoms with E-state index in [2.05, 4.69) is 34.9 Å². The van der Waals surface area contributed by atoms with Gasteiger partial charge in [0.1, 0.15) is 5.82 Å². The Morgan fingerprint density at radius 2 is 2.17 bits per heavy atom. The lowest BCUT2D eigenvalue weighted by molar-refractivity contribution is 0.356. The molecule has 102 valence electrons. The minimum absolute atomic E-state index is 0.835. The summed E-state index contributed by atoms with van der Waals surface area (Å²) in [5, 5.41) is 3.59. The largest absolute Gasteiger partial charge is 0.335 e. The van der Waals surface area contributed by atoms with Gasteiger partial charge in [-0.05, 0) is 51.1 Å². The van der Waals surface area contributed by atoms with Crippen molar-refractivity contribution in [1.29, 1.82) is 0 Å². The van der Waals surface area contributed by atoms with E-state index in [1.54, 1.807) is 0 Å². The molecule has 1 aliphatic carbocycles. The van der Waals surface area contributed by atoms with Crippen LogP contribution in [-0.2, 0) is 13.0 Å². The summed E-state index contributed by atoms with van der Waals surface area (Å²) in [5.74, 6) is 2.98. The van der Waals surface area contributed by atoms with E-state index in [9.17, 15) is 0 Å². The van der Waals surface area contributed by atoms with E-state index in [0.29, 0.717) is 0 Å². The van der Waals surface area contributed by atoms with E-state index >= 15 is 0 Å². The van der Waals surface area contributed by atoms with Gasteiger partial charge in [0.15, 0.2) is 0 Å². The van der Waals surface area contributed by atoms with Crippen LogP contribution in [0.3, 0.4) is 0 Å². The van der Waals surface area contributed by atoms with Crippen LogP contribution >= 0.6 is 0 Å². The van der Waals surface area contributed by atoms with Crippen molar-refractivity contribution in [1.82, 2.24) is 14.9 Å². The summed E-state index contributed by atoms with van der Waals surface area (Å²) in [7, 11) is 0. The molecule has 0 radical (unpaired) electrons. The molecule has 1 aromatic rings. The van der Waals surface area contributed by atoms with Crippen LogP contribution in [0.1, 0.15) is 45.4 Å². The molecule has 1 fully saturated rings. The molecule has 0 aromatic carbocycles. The molecule has 1 saturated carbocycles. The maximum absolute atomic E-state index is 4.52. The highest BCUT2D eigenvalue weighted by molar-refractivity contribution is 4.96. The number of aryl methyl sites for hydroxylation is 1. The van der Waals surface area contributed by atoms with Crippen LogP contribution in [0.4, 0.5) is 0 Å². The van der Waals surface area contributed by atoms with E-state index in [1.807, 2.05) is 6.20 Å². The molecule has 2 rings (SSSR count). The molecule has 0 amide bonds. The quantitative estimate of drug-likeness (QED) is 0.753. The smallest absolute Gasteiger partial charge is 0.108 e. The van der Waals surface area contributed by atoms with Gasteiger partial charge in [0.25, 0.3) is 0 Å². The molecule has 1 N–H and O–H groups in total. The topological polar surface area (TPSA) is 29.9 Å². The molecular formula is C15H27N3. The van der Waals surface area contributed by atoms with E-state index in [0.717, 1.165) is 24.9 Å². The predicted octanol–water partition coefficient (Wildman–Crippen LogP) is 2.86. The summed E-state index contributed by atoms with van der Waals surface area (Å²) >= 11 is 0. The fourth-order valence-electron chi connectivity index (χ4n) is 3.17. The van der Waals surface area contributed by atoms with Gasteiger partial charge >= 0.3 is 0 Å². The first-order valence-corrected chi connectivity index (χ1v) is 7.55. The van der Waals surface area contributed by atoms with Crippen LogP contribution in [0, 0.1) is 11.8 Å². The first-order valence-electron chi connectivity index (χ1n) is 7.55. The molecule has 1 aliphatic rings. The molecule has 0 spiro atoms. The standard InChI is InChI=1S/C15H27N3/c1-3-8-16-12-14-7-5-6-13(14)11-15-17-9-10-18(15)4-2/h9-10,13-14,16H,3-8,11-12H2,1-2H3. The molecule has 0 saturated heterocycles. The van der Waals surface area contributed by atoms with Crippen molar-refractivity contribution in [3.05, 3.63) is 18.2 Å². The lowest BCUT2D eigenvalue weighted by Gasteiger charge is -2.20. The van der Waals surface area contributed by atoms with E-state index in [1.165, 1.54) is 44.5 Å². The highest BCUT2D eigenvalue weighted by atomic mass is 15.1. The number of aromatic nitrogens is 2. The average Bonchev–Trinajstić information content (AvgIpc) is 3.00. The van der Waals surface area contributed by atoms with Gasteiger partial charge < -0.3 is 9.88 Å². The van der Waals surface area contributed by atoms with E-state index in [4.69, 9.17) is 0 Å². The van der Waals surface area contributed by atoms with Crippen molar-refractivity contribution >= 4 is 0 Å². The minimum Gasteiger partial charge on any atom is -0.335 e. The Morgan fingerprint density at radius 3 is 2.94 bits per heavy atom. The third-order valence-corrected chi connectivity index (χ3v) is 4.24. The molecular weight excluding hydrogens is 222 g/mol. The molecule has 1 aromatic heterocycles. The second-order valence-corrected chi connectivity index (χ2v) is 5.49. The molecule has 2 unspecified atom stereocenters.